The van der Waals surface area contributed by atoms with E-state index in [1.165, 1.54) is 0 Å². The average Bonchev–Trinajstić information content (AvgIpc) is 2.41. The Labute approximate surface area is 127 Å². The molecule has 0 aliphatic carbocycles. The SMILES string of the molecule is C#CCCC(=O)NC(CCCCNC(=O)C(F)(F)F)C(=C)O. The summed E-state index contributed by atoms with van der Waals surface area (Å²) in [7, 11) is 0. The van der Waals surface area contributed by atoms with Crippen molar-refractivity contribution in [3.05, 3.63) is 12.3 Å². The molecule has 0 aromatic rings. The Morgan fingerprint density at radius 1 is 1.32 bits per heavy atom. The molecule has 0 aromatic heterocycles. The van der Waals surface area contributed by atoms with Gasteiger partial charge in [-0.25, -0.2) is 0 Å². The summed E-state index contributed by atoms with van der Waals surface area (Å²) in [5.74, 6) is -0.268. The van der Waals surface area contributed by atoms with Crippen LogP contribution in [0.4, 0.5) is 13.2 Å². The average molecular weight is 320 g/mol. The fourth-order valence-corrected chi connectivity index (χ4v) is 1.55. The Bertz CT molecular complexity index is 442. The summed E-state index contributed by atoms with van der Waals surface area (Å²) < 4.78 is 35.8. The number of unbranched alkanes of at least 4 members (excludes halogenated alkanes) is 1. The van der Waals surface area contributed by atoms with Gasteiger partial charge in [0.15, 0.2) is 0 Å². The van der Waals surface area contributed by atoms with Crippen molar-refractivity contribution in [3.8, 4) is 12.3 Å². The molecule has 0 radical (unpaired) electrons. The molecule has 1 unspecified atom stereocenters. The number of amides is 2. The molecule has 0 aliphatic heterocycles. The molecular weight excluding hydrogens is 301 g/mol. The molecular formula is C14H19F3N2O3. The molecule has 0 aliphatic rings. The zero-order chi connectivity index (χ0) is 17.2. The van der Waals surface area contributed by atoms with E-state index in [4.69, 9.17) is 6.42 Å². The Hall–Kier alpha value is -2.17. The van der Waals surface area contributed by atoms with Crippen molar-refractivity contribution in [2.45, 2.75) is 44.3 Å². The summed E-state index contributed by atoms with van der Waals surface area (Å²) in [5, 5.41) is 13.6. The highest BCUT2D eigenvalue weighted by Crippen LogP contribution is 2.14. The van der Waals surface area contributed by atoms with E-state index in [9.17, 15) is 27.9 Å². The quantitative estimate of drug-likeness (QED) is 0.344. The number of alkyl halides is 3. The number of carbonyl (C=O) groups is 2. The third kappa shape index (κ3) is 8.89. The van der Waals surface area contributed by atoms with Gasteiger partial charge in [0.25, 0.3) is 0 Å². The van der Waals surface area contributed by atoms with Crippen molar-refractivity contribution in [2.75, 3.05) is 6.54 Å². The Morgan fingerprint density at radius 3 is 2.45 bits per heavy atom. The van der Waals surface area contributed by atoms with Gasteiger partial charge in [0, 0.05) is 19.4 Å². The lowest BCUT2D eigenvalue weighted by Crippen LogP contribution is -2.38. The fourth-order valence-electron chi connectivity index (χ4n) is 1.55. The van der Waals surface area contributed by atoms with Crippen molar-refractivity contribution >= 4 is 11.8 Å². The van der Waals surface area contributed by atoms with Crippen LogP contribution in [-0.2, 0) is 9.59 Å². The van der Waals surface area contributed by atoms with E-state index in [0.717, 1.165) is 0 Å². The summed E-state index contributed by atoms with van der Waals surface area (Å²) in [6.07, 6.45) is 1.45. The minimum absolute atomic E-state index is 0.113. The molecule has 0 bridgehead atoms. The molecule has 2 amide bonds. The number of halogens is 3. The molecule has 0 heterocycles. The molecule has 124 valence electrons. The van der Waals surface area contributed by atoms with Crippen molar-refractivity contribution in [1.29, 1.82) is 0 Å². The van der Waals surface area contributed by atoms with Crippen LogP contribution in [0.25, 0.3) is 0 Å². The van der Waals surface area contributed by atoms with Crippen molar-refractivity contribution in [3.63, 3.8) is 0 Å². The maximum atomic E-state index is 11.9. The van der Waals surface area contributed by atoms with Gasteiger partial charge in [-0.05, 0) is 19.3 Å². The van der Waals surface area contributed by atoms with E-state index in [0.29, 0.717) is 12.8 Å². The van der Waals surface area contributed by atoms with Crippen LogP contribution in [0.15, 0.2) is 12.3 Å². The normalized spacial score (nSPS) is 12.1. The zero-order valence-corrected chi connectivity index (χ0v) is 12.0. The first-order valence-corrected chi connectivity index (χ1v) is 6.64. The lowest BCUT2D eigenvalue weighted by atomic mass is 10.1. The van der Waals surface area contributed by atoms with Crippen LogP contribution in [0.2, 0.25) is 0 Å². The molecule has 0 rings (SSSR count). The summed E-state index contributed by atoms with van der Waals surface area (Å²) >= 11 is 0. The van der Waals surface area contributed by atoms with Gasteiger partial charge in [-0.3, -0.25) is 9.59 Å². The number of rotatable bonds is 9. The first-order chi connectivity index (χ1) is 10.2. The molecule has 0 spiro atoms. The monoisotopic (exact) mass is 320 g/mol. The second-order valence-electron chi connectivity index (χ2n) is 4.57. The van der Waals surface area contributed by atoms with Crippen LogP contribution in [0.3, 0.4) is 0 Å². The van der Waals surface area contributed by atoms with E-state index in [2.05, 4.69) is 17.8 Å². The molecule has 0 fully saturated rings. The number of carbonyl (C=O) groups excluding carboxylic acids is 2. The van der Waals surface area contributed by atoms with E-state index in [-0.39, 0.29) is 37.5 Å². The summed E-state index contributed by atoms with van der Waals surface area (Å²) in [6, 6.07) is -0.691. The van der Waals surface area contributed by atoms with E-state index < -0.39 is 18.1 Å². The van der Waals surface area contributed by atoms with Gasteiger partial charge in [0.05, 0.1) is 6.04 Å². The fraction of sp³-hybridized carbons (Fsp3) is 0.571. The van der Waals surface area contributed by atoms with Gasteiger partial charge in [0.2, 0.25) is 5.91 Å². The largest absolute Gasteiger partial charge is 0.511 e. The maximum absolute atomic E-state index is 11.9. The Balaban J connectivity index is 4.02. The topological polar surface area (TPSA) is 78.4 Å². The second kappa shape index (κ2) is 9.71. The van der Waals surface area contributed by atoms with Crippen LogP contribution >= 0.6 is 0 Å². The Kier molecular flexibility index (Phi) is 8.75. The first-order valence-electron chi connectivity index (χ1n) is 6.64. The highest BCUT2D eigenvalue weighted by molar-refractivity contribution is 5.81. The lowest BCUT2D eigenvalue weighted by molar-refractivity contribution is -0.173. The molecule has 0 aromatic carbocycles. The molecule has 1 atom stereocenters. The summed E-state index contributed by atoms with van der Waals surface area (Å²) in [5.41, 5.74) is 0. The number of hydrogen-bond acceptors (Lipinski definition) is 3. The van der Waals surface area contributed by atoms with E-state index >= 15 is 0 Å². The molecule has 22 heavy (non-hydrogen) atoms. The summed E-state index contributed by atoms with van der Waals surface area (Å²) in [6.45, 7) is 3.19. The minimum Gasteiger partial charge on any atom is -0.511 e. The van der Waals surface area contributed by atoms with Crippen LogP contribution in [0.5, 0.6) is 0 Å². The highest BCUT2D eigenvalue weighted by Gasteiger charge is 2.38. The predicted octanol–water partition coefficient (Wildman–Crippen LogP) is 1.81. The smallest absolute Gasteiger partial charge is 0.471 e. The zero-order valence-electron chi connectivity index (χ0n) is 12.0. The van der Waals surface area contributed by atoms with Gasteiger partial charge in [-0.2, -0.15) is 13.2 Å². The number of nitrogens with one attached hydrogen (secondary N) is 2. The van der Waals surface area contributed by atoms with Gasteiger partial charge in [-0.1, -0.05) is 6.58 Å². The van der Waals surface area contributed by atoms with Crippen LogP contribution < -0.4 is 10.6 Å². The number of hydrogen-bond donors (Lipinski definition) is 3. The summed E-state index contributed by atoms with van der Waals surface area (Å²) in [4.78, 5) is 22.0. The number of aliphatic hydroxyl groups is 1. The molecule has 3 N–H and O–H groups in total. The molecule has 5 nitrogen and oxygen atoms in total. The Morgan fingerprint density at radius 2 is 1.95 bits per heavy atom. The lowest BCUT2D eigenvalue weighted by Gasteiger charge is -2.17. The van der Waals surface area contributed by atoms with Gasteiger partial charge < -0.3 is 15.7 Å². The van der Waals surface area contributed by atoms with Crippen LogP contribution in [-0.4, -0.2) is 35.7 Å². The molecule has 0 saturated heterocycles. The minimum atomic E-state index is -4.90. The van der Waals surface area contributed by atoms with Crippen molar-refractivity contribution in [2.24, 2.45) is 0 Å². The van der Waals surface area contributed by atoms with Crippen molar-refractivity contribution < 1.29 is 27.9 Å². The van der Waals surface area contributed by atoms with Gasteiger partial charge in [0.1, 0.15) is 5.76 Å². The van der Waals surface area contributed by atoms with Crippen molar-refractivity contribution in [1.82, 2.24) is 10.6 Å². The highest BCUT2D eigenvalue weighted by atomic mass is 19.4. The standard InChI is InChI=1S/C14H19F3N2O3/c1-3-4-8-12(21)19-11(10(2)20)7-5-6-9-18-13(22)14(15,16)17/h1,11,20H,2,4-9H2,(H,18,22)(H,19,21). The maximum Gasteiger partial charge on any atom is 0.471 e. The number of terminal acetylenes is 1. The number of aliphatic hydroxyl groups excluding tert-OH is 1. The second-order valence-corrected chi connectivity index (χ2v) is 4.57. The van der Waals surface area contributed by atoms with Gasteiger partial charge >= 0.3 is 12.1 Å². The third-order valence-electron chi connectivity index (χ3n) is 2.70. The van der Waals surface area contributed by atoms with E-state index in [1.54, 1.807) is 5.32 Å². The van der Waals surface area contributed by atoms with Crippen LogP contribution in [0, 0.1) is 12.3 Å². The van der Waals surface area contributed by atoms with Gasteiger partial charge in [-0.15, -0.1) is 12.3 Å². The predicted molar refractivity (Wildman–Crippen MR) is 74.7 cm³/mol. The first kappa shape index (κ1) is 19.8. The third-order valence-corrected chi connectivity index (χ3v) is 2.70. The van der Waals surface area contributed by atoms with Crippen LogP contribution in [0.1, 0.15) is 32.1 Å². The van der Waals surface area contributed by atoms with E-state index in [1.807, 2.05) is 0 Å². The molecule has 8 heteroatoms. The molecule has 0 saturated carbocycles.